The molecule has 2 heterocycles. The van der Waals surface area contributed by atoms with Gasteiger partial charge in [0.1, 0.15) is 0 Å². The topological polar surface area (TPSA) is 50.3 Å². The number of imide groups is 1. The highest BCUT2D eigenvalue weighted by molar-refractivity contribution is 6.25. The lowest BCUT2D eigenvalue weighted by Gasteiger charge is -2.30. The van der Waals surface area contributed by atoms with Crippen LogP contribution in [0.15, 0.2) is 36.5 Å². The van der Waals surface area contributed by atoms with Gasteiger partial charge in [0, 0.05) is 18.0 Å². The summed E-state index contributed by atoms with van der Waals surface area (Å²) in [5, 5.41) is 0.949. The Morgan fingerprint density at radius 3 is 2.59 bits per heavy atom. The van der Waals surface area contributed by atoms with Crippen LogP contribution in [0, 0.1) is 5.41 Å². The number of para-hydroxylation sites is 1. The molecular formula is C18H18N2O2. The van der Waals surface area contributed by atoms with E-state index in [9.17, 15) is 9.59 Å². The van der Waals surface area contributed by atoms with E-state index in [1.54, 1.807) is 6.20 Å². The summed E-state index contributed by atoms with van der Waals surface area (Å²) >= 11 is 0. The zero-order valence-corrected chi connectivity index (χ0v) is 12.4. The summed E-state index contributed by atoms with van der Waals surface area (Å²) in [4.78, 5) is 31.4. The van der Waals surface area contributed by atoms with Gasteiger partial charge in [-0.3, -0.25) is 14.6 Å². The molecule has 1 saturated carbocycles. The smallest absolute Gasteiger partial charge is 0.240 e. The molecule has 1 aromatic carbocycles. The second-order valence-corrected chi connectivity index (χ2v) is 6.40. The van der Waals surface area contributed by atoms with Gasteiger partial charge < -0.3 is 0 Å². The van der Waals surface area contributed by atoms with Gasteiger partial charge in [-0.1, -0.05) is 37.5 Å². The second kappa shape index (κ2) is 4.90. The molecule has 2 aromatic rings. The standard InChI is InChI=1S/C18H18N2O2/c21-15-12-18(9-2-1-3-10-18)17(22)20(15)14-8-4-6-13-7-5-11-19-16(13)14/h4-8,11H,1-3,9-10,12H2. The van der Waals surface area contributed by atoms with Crippen molar-refractivity contribution in [2.24, 2.45) is 5.41 Å². The lowest BCUT2D eigenvalue weighted by Crippen LogP contribution is -2.37. The first-order valence-electron chi connectivity index (χ1n) is 7.92. The molecule has 22 heavy (non-hydrogen) atoms. The Balaban J connectivity index is 1.81. The number of rotatable bonds is 1. The Hall–Kier alpha value is -2.23. The Labute approximate surface area is 129 Å². The molecule has 4 nitrogen and oxygen atoms in total. The Kier molecular flexibility index (Phi) is 2.99. The van der Waals surface area contributed by atoms with Crippen LogP contribution in [-0.2, 0) is 9.59 Å². The lowest BCUT2D eigenvalue weighted by atomic mass is 9.73. The van der Waals surface area contributed by atoms with Gasteiger partial charge in [-0.05, 0) is 25.0 Å². The molecule has 4 heteroatoms. The van der Waals surface area contributed by atoms with Crippen LogP contribution >= 0.6 is 0 Å². The number of pyridine rings is 1. The fourth-order valence-electron chi connectivity index (χ4n) is 3.93. The Morgan fingerprint density at radius 2 is 1.77 bits per heavy atom. The van der Waals surface area contributed by atoms with E-state index in [-0.39, 0.29) is 11.8 Å². The van der Waals surface area contributed by atoms with E-state index in [1.807, 2.05) is 30.3 Å². The molecule has 0 atom stereocenters. The molecule has 0 unspecified atom stereocenters. The van der Waals surface area contributed by atoms with Crippen molar-refractivity contribution in [1.82, 2.24) is 4.98 Å². The fourth-order valence-corrected chi connectivity index (χ4v) is 3.93. The van der Waals surface area contributed by atoms with Crippen molar-refractivity contribution < 1.29 is 9.59 Å². The van der Waals surface area contributed by atoms with Crippen LogP contribution in [0.25, 0.3) is 10.9 Å². The molecule has 0 bridgehead atoms. The van der Waals surface area contributed by atoms with Gasteiger partial charge in [0.25, 0.3) is 0 Å². The van der Waals surface area contributed by atoms with Gasteiger partial charge in [0.05, 0.1) is 16.6 Å². The van der Waals surface area contributed by atoms with Gasteiger partial charge in [0.15, 0.2) is 0 Å². The van der Waals surface area contributed by atoms with Crippen LogP contribution in [0.3, 0.4) is 0 Å². The fraction of sp³-hybridized carbons (Fsp3) is 0.389. The second-order valence-electron chi connectivity index (χ2n) is 6.40. The number of carbonyl (C=O) groups excluding carboxylic acids is 2. The maximum absolute atomic E-state index is 13.0. The minimum absolute atomic E-state index is 0.0182. The van der Waals surface area contributed by atoms with Crippen molar-refractivity contribution in [3.05, 3.63) is 36.5 Å². The first-order valence-corrected chi connectivity index (χ1v) is 7.92. The summed E-state index contributed by atoms with van der Waals surface area (Å²) in [6.45, 7) is 0. The predicted molar refractivity (Wildman–Crippen MR) is 84.4 cm³/mol. The number of aromatic nitrogens is 1. The van der Waals surface area contributed by atoms with E-state index in [0.29, 0.717) is 12.1 Å². The van der Waals surface area contributed by atoms with Crippen LogP contribution in [-0.4, -0.2) is 16.8 Å². The number of anilines is 1. The van der Waals surface area contributed by atoms with Crippen LogP contribution in [0.1, 0.15) is 38.5 Å². The highest BCUT2D eigenvalue weighted by atomic mass is 16.2. The van der Waals surface area contributed by atoms with Gasteiger partial charge in [0.2, 0.25) is 11.8 Å². The third-order valence-corrected chi connectivity index (χ3v) is 5.06. The zero-order valence-electron chi connectivity index (χ0n) is 12.4. The molecule has 1 saturated heterocycles. The van der Waals surface area contributed by atoms with E-state index in [0.717, 1.165) is 36.6 Å². The summed E-state index contributed by atoms with van der Waals surface area (Å²) in [6, 6.07) is 9.47. The Bertz CT molecular complexity index is 757. The number of fused-ring (bicyclic) bond motifs is 1. The number of nitrogens with zero attached hydrogens (tertiary/aromatic N) is 2. The number of amides is 2. The predicted octanol–water partition coefficient (Wildman–Crippen LogP) is 3.45. The summed E-state index contributed by atoms with van der Waals surface area (Å²) in [6.07, 6.45) is 6.99. The lowest BCUT2D eigenvalue weighted by molar-refractivity contribution is -0.127. The van der Waals surface area contributed by atoms with E-state index in [4.69, 9.17) is 0 Å². The number of hydrogen-bond donors (Lipinski definition) is 0. The average molecular weight is 294 g/mol. The molecule has 0 radical (unpaired) electrons. The molecular weight excluding hydrogens is 276 g/mol. The van der Waals surface area contributed by atoms with E-state index >= 15 is 0 Å². The quantitative estimate of drug-likeness (QED) is 0.757. The minimum atomic E-state index is -0.452. The van der Waals surface area contributed by atoms with Crippen molar-refractivity contribution in [2.45, 2.75) is 38.5 Å². The maximum atomic E-state index is 13.0. The van der Waals surface area contributed by atoms with Crippen LogP contribution in [0.4, 0.5) is 5.69 Å². The van der Waals surface area contributed by atoms with Gasteiger partial charge >= 0.3 is 0 Å². The molecule has 112 valence electrons. The van der Waals surface area contributed by atoms with Gasteiger partial charge in [-0.25, -0.2) is 4.90 Å². The minimum Gasteiger partial charge on any atom is -0.274 e. The summed E-state index contributed by atoms with van der Waals surface area (Å²) < 4.78 is 0. The highest BCUT2D eigenvalue weighted by Gasteiger charge is 2.52. The van der Waals surface area contributed by atoms with Crippen LogP contribution < -0.4 is 4.90 Å². The number of carbonyl (C=O) groups is 2. The molecule has 2 aliphatic rings. The van der Waals surface area contributed by atoms with E-state index < -0.39 is 5.41 Å². The first kappa shape index (κ1) is 13.4. The number of benzene rings is 1. The third-order valence-electron chi connectivity index (χ3n) is 5.06. The largest absolute Gasteiger partial charge is 0.274 e. The van der Waals surface area contributed by atoms with Crippen molar-refractivity contribution in [3.63, 3.8) is 0 Å². The zero-order chi connectivity index (χ0) is 15.2. The van der Waals surface area contributed by atoms with Crippen LogP contribution in [0.5, 0.6) is 0 Å². The van der Waals surface area contributed by atoms with Crippen molar-refractivity contribution in [1.29, 1.82) is 0 Å². The van der Waals surface area contributed by atoms with Crippen molar-refractivity contribution >= 4 is 28.4 Å². The molecule has 1 aliphatic carbocycles. The summed E-state index contributed by atoms with van der Waals surface area (Å²) in [5.41, 5.74) is 0.904. The van der Waals surface area contributed by atoms with E-state index in [1.165, 1.54) is 11.3 Å². The van der Waals surface area contributed by atoms with Crippen molar-refractivity contribution in [2.75, 3.05) is 4.90 Å². The third kappa shape index (κ3) is 1.86. The summed E-state index contributed by atoms with van der Waals surface area (Å²) in [7, 11) is 0. The average Bonchev–Trinajstić information content (AvgIpc) is 2.78. The molecule has 0 N–H and O–H groups in total. The highest BCUT2D eigenvalue weighted by Crippen LogP contribution is 2.47. The van der Waals surface area contributed by atoms with E-state index in [2.05, 4.69) is 4.98 Å². The SMILES string of the molecule is O=C1CC2(CCCCC2)C(=O)N1c1cccc2cccnc12. The molecule has 1 spiro atoms. The molecule has 1 aliphatic heterocycles. The Morgan fingerprint density at radius 1 is 1.00 bits per heavy atom. The molecule has 1 aromatic heterocycles. The normalized spacial score (nSPS) is 21.0. The van der Waals surface area contributed by atoms with Crippen LogP contribution in [0.2, 0.25) is 0 Å². The van der Waals surface area contributed by atoms with Crippen molar-refractivity contribution in [3.8, 4) is 0 Å². The molecule has 4 rings (SSSR count). The molecule has 2 amide bonds. The first-order chi connectivity index (χ1) is 10.7. The van der Waals surface area contributed by atoms with Gasteiger partial charge in [-0.2, -0.15) is 0 Å². The maximum Gasteiger partial charge on any atom is 0.240 e. The number of hydrogen-bond acceptors (Lipinski definition) is 3. The molecule has 2 fully saturated rings. The summed E-state index contributed by atoms with van der Waals surface area (Å²) in [5.74, 6) is -0.0968. The van der Waals surface area contributed by atoms with Gasteiger partial charge in [-0.15, -0.1) is 0 Å². The monoisotopic (exact) mass is 294 g/mol.